The quantitative estimate of drug-likeness (QED) is 0.445. The van der Waals surface area contributed by atoms with Crippen molar-refractivity contribution in [1.29, 1.82) is 0 Å². The standard InChI is InChI=1S/C31H30N2O2/c34-30(31(35,27-17-9-3-10-18-27)28-19-11-4-12-20-28)33-23-21-32(22-24-33)29(25-13-5-1-6-14-25)26-15-7-2-8-16-26/h1-20,29,35H,21-24H2. The molecule has 1 aliphatic heterocycles. The topological polar surface area (TPSA) is 43.8 Å². The van der Waals surface area contributed by atoms with E-state index < -0.39 is 5.60 Å². The van der Waals surface area contributed by atoms with Gasteiger partial charge in [-0.1, -0.05) is 121 Å². The molecule has 4 heteroatoms. The van der Waals surface area contributed by atoms with Crippen LogP contribution in [0, 0.1) is 0 Å². The number of aliphatic hydroxyl groups is 1. The van der Waals surface area contributed by atoms with E-state index in [4.69, 9.17) is 0 Å². The molecular weight excluding hydrogens is 432 g/mol. The van der Waals surface area contributed by atoms with Gasteiger partial charge in [0.15, 0.2) is 5.60 Å². The Hall–Kier alpha value is -3.73. The second-order valence-electron chi connectivity index (χ2n) is 8.99. The Labute approximate surface area is 207 Å². The van der Waals surface area contributed by atoms with Gasteiger partial charge in [-0.2, -0.15) is 0 Å². The van der Waals surface area contributed by atoms with Crippen molar-refractivity contribution >= 4 is 5.91 Å². The van der Waals surface area contributed by atoms with Gasteiger partial charge in [0.05, 0.1) is 6.04 Å². The number of hydrogen-bond acceptors (Lipinski definition) is 3. The van der Waals surface area contributed by atoms with Gasteiger partial charge >= 0.3 is 0 Å². The third kappa shape index (κ3) is 4.63. The van der Waals surface area contributed by atoms with Crippen molar-refractivity contribution < 1.29 is 9.90 Å². The first-order chi connectivity index (χ1) is 17.2. The molecule has 4 nitrogen and oxygen atoms in total. The average Bonchev–Trinajstić information content (AvgIpc) is 2.95. The highest BCUT2D eigenvalue weighted by Gasteiger charge is 2.43. The van der Waals surface area contributed by atoms with Gasteiger partial charge in [0.2, 0.25) is 0 Å². The van der Waals surface area contributed by atoms with Gasteiger partial charge in [-0.3, -0.25) is 9.69 Å². The van der Waals surface area contributed by atoms with E-state index in [1.54, 1.807) is 0 Å². The van der Waals surface area contributed by atoms with Crippen LogP contribution in [0.3, 0.4) is 0 Å². The van der Waals surface area contributed by atoms with Gasteiger partial charge in [0, 0.05) is 26.2 Å². The highest BCUT2D eigenvalue weighted by Crippen LogP contribution is 2.34. The van der Waals surface area contributed by atoms with E-state index in [1.807, 2.05) is 77.7 Å². The molecule has 0 aliphatic carbocycles. The Morgan fingerprint density at radius 3 is 1.37 bits per heavy atom. The Morgan fingerprint density at radius 1 is 0.600 bits per heavy atom. The molecule has 0 spiro atoms. The number of rotatable bonds is 6. The molecule has 0 unspecified atom stereocenters. The fraction of sp³-hybridized carbons (Fsp3) is 0.194. The lowest BCUT2D eigenvalue weighted by molar-refractivity contribution is -0.150. The smallest absolute Gasteiger partial charge is 0.264 e. The van der Waals surface area contributed by atoms with Crippen LogP contribution in [0.5, 0.6) is 0 Å². The number of hydrogen-bond donors (Lipinski definition) is 1. The van der Waals surface area contributed by atoms with Crippen LogP contribution in [0.15, 0.2) is 121 Å². The van der Waals surface area contributed by atoms with E-state index in [-0.39, 0.29) is 11.9 Å². The van der Waals surface area contributed by atoms with Crippen molar-refractivity contribution in [3.05, 3.63) is 144 Å². The summed E-state index contributed by atoms with van der Waals surface area (Å²) in [6, 6.07) is 39.7. The lowest BCUT2D eigenvalue weighted by atomic mass is 9.84. The zero-order valence-electron chi connectivity index (χ0n) is 19.7. The van der Waals surface area contributed by atoms with Crippen LogP contribution in [0.1, 0.15) is 28.3 Å². The molecule has 5 rings (SSSR count). The maximum atomic E-state index is 13.9. The molecule has 0 saturated carbocycles. The highest BCUT2D eigenvalue weighted by molar-refractivity contribution is 5.90. The van der Waals surface area contributed by atoms with E-state index >= 15 is 0 Å². The SMILES string of the molecule is O=C(N1CCN(C(c2ccccc2)c2ccccc2)CC1)C(O)(c1ccccc1)c1ccccc1. The Bertz CT molecular complexity index is 1140. The second kappa shape index (κ2) is 10.3. The lowest BCUT2D eigenvalue weighted by Gasteiger charge is -2.42. The molecule has 176 valence electrons. The number of carbonyl (C=O) groups excluding carboxylic acids is 1. The van der Waals surface area contributed by atoms with E-state index in [9.17, 15) is 9.90 Å². The van der Waals surface area contributed by atoms with Crippen molar-refractivity contribution in [2.75, 3.05) is 26.2 Å². The molecule has 0 radical (unpaired) electrons. The predicted octanol–water partition coefficient (Wildman–Crippen LogP) is 4.86. The summed E-state index contributed by atoms with van der Waals surface area (Å²) in [5.41, 5.74) is 1.94. The van der Waals surface area contributed by atoms with E-state index in [0.29, 0.717) is 24.2 Å². The van der Waals surface area contributed by atoms with Gasteiger partial charge in [-0.05, 0) is 22.3 Å². The molecule has 1 saturated heterocycles. The Balaban J connectivity index is 1.40. The molecule has 0 bridgehead atoms. The molecule has 1 fully saturated rings. The summed E-state index contributed by atoms with van der Waals surface area (Å²) in [7, 11) is 0. The van der Waals surface area contributed by atoms with Crippen LogP contribution >= 0.6 is 0 Å². The molecule has 4 aromatic rings. The summed E-state index contributed by atoms with van der Waals surface area (Å²) in [6.45, 7) is 2.55. The zero-order chi connectivity index (χ0) is 24.1. The predicted molar refractivity (Wildman–Crippen MR) is 139 cm³/mol. The fourth-order valence-corrected chi connectivity index (χ4v) is 5.07. The number of benzene rings is 4. The maximum absolute atomic E-state index is 13.9. The first-order valence-electron chi connectivity index (χ1n) is 12.1. The number of carbonyl (C=O) groups is 1. The maximum Gasteiger partial charge on any atom is 0.264 e. The second-order valence-corrected chi connectivity index (χ2v) is 8.99. The summed E-state index contributed by atoms with van der Waals surface area (Å²) < 4.78 is 0. The third-order valence-electron chi connectivity index (χ3n) is 6.89. The van der Waals surface area contributed by atoms with Crippen LogP contribution in [-0.4, -0.2) is 47.0 Å². The number of amides is 1. The summed E-state index contributed by atoms with van der Waals surface area (Å²) >= 11 is 0. The highest BCUT2D eigenvalue weighted by atomic mass is 16.3. The van der Waals surface area contributed by atoms with Gasteiger partial charge in [-0.15, -0.1) is 0 Å². The fourth-order valence-electron chi connectivity index (χ4n) is 5.07. The number of nitrogens with zero attached hydrogens (tertiary/aromatic N) is 2. The minimum atomic E-state index is -1.72. The third-order valence-corrected chi connectivity index (χ3v) is 6.89. The van der Waals surface area contributed by atoms with Gasteiger partial charge in [-0.25, -0.2) is 0 Å². The Kier molecular flexibility index (Phi) is 6.75. The summed E-state index contributed by atoms with van der Waals surface area (Å²) in [5.74, 6) is -0.273. The number of piperazine rings is 1. The van der Waals surface area contributed by atoms with E-state index in [2.05, 4.69) is 53.4 Å². The van der Waals surface area contributed by atoms with E-state index in [1.165, 1.54) is 11.1 Å². The molecule has 1 aliphatic rings. The van der Waals surface area contributed by atoms with Crippen molar-refractivity contribution in [1.82, 2.24) is 9.80 Å². The van der Waals surface area contributed by atoms with Crippen LogP contribution in [0.2, 0.25) is 0 Å². The van der Waals surface area contributed by atoms with Crippen LogP contribution in [0.4, 0.5) is 0 Å². The molecule has 1 N–H and O–H groups in total. The molecule has 0 atom stereocenters. The van der Waals surface area contributed by atoms with Crippen LogP contribution < -0.4 is 0 Å². The molecule has 35 heavy (non-hydrogen) atoms. The van der Waals surface area contributed by atoms with Crippen molar-refractivity contribution in [2.24, 2.45) is 0 Å². The summed E-state index contributed by atoms with van der Waals surface area (Å²) in [4.78, 5) is 18.1. The van der Waals surface area contributed by atoms with Gasteiger partial charge in [0.25, 0.3) is 5.91 Å². The van der Waals surface area contributed by atoms with Crippen molar-refractivity contribution in [3.63, 3.8) is 0 Å². The van der Waals surface area contributed by atoms with Crippen molar-refractivity contribution in [2.45, 2.75) is 11.6 Å². The molecule has 0 aromatic heterocycles. The normalized spacial score (nSPS) is 14.7. The van der Waals surface area contributed by atoms with Gasteiger partial charge in [0.1, 0.15) is 0 Å². The van der Waals surface area contributed by atoms with E-state index in [0.717, 1.165) is 13.1 Å². The molecule has 4 aromatic carbocycles. The summed E-state index contributed by atoms with van der Waals surface area (Å²) in [6.07, 6.45) is 0. The first-order valence-corrected chi connectivity index (χ1v) is 12.1. The summed E-state index contributed by atoms with van der Waals surface area (Å²) in [5, 5.41) is 11.9. The molecule has 1 heterocycles. The average molecular weight is 463 g/mol. The largest absolute Gasteiger partial charge is 0.372 e. The molecular formula is C31H30N2O2. The Morgan fingerprint density at radius 2 is 0.971 bits per heavy atom. The minimum Gasteiger partial charge on any atom is -0.372 e. The molecule has 1 amide bonds. The monoisotopic (exact) mass is 462 g/mol. The van der Waals surface area contributed by atoms with Crippen LogP contribution in [-0.2, 0) is 10.4 Å². The van der Waals surface area contributed by atoms with Gasteiger partial charge < -0.3 is 10.0 Å². The van der Waals surface area contributed by atoms with Crippen molar-refractivity contribution in [3.8, 4) is 0 Å². The lowest BCUT2D eigenvalue weighted by Crippen LogP contribution is -2.55. The zero-order valence-corrected chi connectivity index (χ0v) is 19.7. The minimum absolute atomic E-state index is 0.122. The first kappa shape index (κ1) is 23.0. The van der Waals surface area contributed by atoms with Crippen LogP contribution in [0.25, 0.3) is 0 Å².